The van der Waals surface area contributed by atoms with Crippen LogP contribution in [0.4, 0.5) is 0 Å². The zero-order valence-corrected chi connectivity index (χ0v) is 14.7. The molecule has 0 aromatic rings. The number of amides is 2. The number of hydrogen-bond donors (Lipinski definition) is 0. The van der Waals surface area contributed by atoms with Crippen LogP contribution >= 0.6 is 0 Å². The van der Waals surface area contributed by atoms with E-state index in [9.17, 15) is 14.9 Å². The molecule has 2 amide bonds. The van der Waals surface area contributed by atoms with Gasteiger partial charge >= 0.3 is 0 Å². The lowest BCUT2D eigenvalue weighted by Gasteiger charge is -2.43. The monoisotopic (exact) mass is 332 g/mol. The molecular formula is C18H28N4O2. The van der Waals surface area contributed by atoms with E-state index < -0.39 is 5.41 Å². The fourth-order valence-electron chi connectivity index (χ4n) is 4.05. The molecule has 24 heavy (non-hydrogen) atoms. The van der Waals surface area contributed by atoms with Gasteiger partial charge in [0.05, 0.1) is 12.1 Å². The maximum atomic E-state index is 12.6. The van der Waals surface area contributed by atoms with Crippen LogP contribution in [0.2, 0.25) is 0 Å². The van der Waals surface area contributed by atoms with Crippen molar-refractivity contribution in [2.75, 3.05) is 39.3 Å². The van der Waals surface area contributed by atoms with Gasteiger partial charge in [0, 0.05) is 39.3 Å². The number of carbonyl (C=O) groups excluding carboxylic acids is 2. The molecule has 1 aliphatic carbocycles. The van der Waals surface area contributed by atoms with Crippen molar-refractivity contribution >= 4 is 11.8 Å². The Kier molecular flexibility index (Phi) is 5.09. The van der Waals surface area contributed by atoms with E-state index in [2.05, 4.69) is 11.0 Å². The molecule has 0 aromatic heterocycles. The Hall–Kier alpha value is -1.61. The number of rotatable bonds is 3. The Bertz CT molecular complexity index is 524. The zero-order valence-electron chi connectivity index (χ0n) is 14.7. The third kappa shape index (κ3) is 3.14. The number of nitrogens with zero attached hydrogens (tertiary/aromatic N) is 4. The highest BCUT2D eigenvalue weighted by molar-refractivity contribution is 5.86. The van der Waals surface area contributed by atoms with E-state index in [1.165, 1.54) is 6.42 Å². The van der Waals surface area contributed by atoms with Crippen LogP contribution in [0.25, 0.3) is 0 Å². The lowest BCUT2D eigenvalue weighted by atomic mass is 9.69. The third-order valence-electron chi connectivity index (χ3n) is 6.00. The first kappa shape index (κ1) is 17.2. The molecule has 0 spiro atoms. The van der Waals surface area contributed by atoms with Crippen LogP contribution < -0.4 is 0 Å². The molecule has 0 radical (unpaired) electrons. The minimum absolute atomic E-state index is 0.00547. The number of piperazine rings is 1. The number of likely N-dealkylation sites (tertiary alicyclic amines) is 1. The van der Waals surface area contributed by atoms with Crippen LogP contribution in [-0.2, 0) is 9.59 Å². The van der Waals surface area contributed by atoms with Gasteiger partial charge in [-0.25, -0.2) is 0 Å². The molecule has 2 heterocycles. The van der Waals surface area contributed by atoms with Crippen molar-refractivity contribution in [2.24, 2.45) is 5.41 Å². The summed E-state index contributed by atoms with van der Waals surface area (Å²) < 4.78 is 0. The molecule has 1 atom stereocenters. The van der Waals surface area contributed by atoms with Gasteiger partial charge in [0.25, 0.3) is 0 Å². The Labute approximate surface area is 144 Å². The molecule has 3 aliphatic rings. The van der Waals surface area contributed by atoms with Crippen molar-refractivity contribution in [3.63, 3.8) is 0 Å². The summed E-state index contributed by atoms with van der Waals surface area (Å²) in [5.41, 5.74) is -0.753. The van der Waals surface area contributed by atoms with Crippen molar-refractivity contribution in [3.05, 3.63) is 0 Å². The van der Waals surface area contributed by atoms with E-state index in [1.54, 1.807) is 0 Å². The quantitative estimate of drug-likeness (QED) is 0.779. The van der Waals surface area contributed by atoms with Crippen LogP contribution in [0.5, 0.6) is 0 Å². The Morgan fingerprint density at radius 1 is 0.917 bits per heavy atom. The molecule has 6 nitrogen and oxygen atoms in total. The maximum Gasteiger partial charge on any atom is 0.243 e. The highest BCUT2D eigenvalue weighted by Gasteiger charge is 2.47. The van der Waals surface area contributed by atoms with Crippen LogP contribution in [0.1, 0.15) is 45.4 Å². The van der Waals surface area contributed by atoms with Crippen molar-refractivity contribution in [1.29, 1.82) is 5.26 Å². The average Bonchev–Trinajstić information content (AvgIpc) is 2.61. The minimum Gasteiger partial charge on any atom is -0.341 e. The number of piperidine rings is 1. The molecule has 2 aliphatic heterocycles. The summed E-state index contributed by atoms with van der Waals surface area (Å²) in [6, 6.07) is 2.12. The average molecular weight is 332 g/mol. The topological polar surface area (TPSA) is 67.7 Å². The molecule has 3 fully saturated rings. The van der Waals surface area contributed by atoms with Crippen molar-refractivity contribution in [2.45, 2.75) is 51.5 Å². The molecule has 6 heteroatoms. The predicted octanol–water partition coefficient (Wildman–Crippen LogP) is 1.23. The smallest absolute Gasteiger partial charge is 0.243 e. The van der Waals surface area contributed by atoms with E-state index in [0.717, 1.165) is 32.4 Å². The SMILES string of the molecule is C[C@H](C(=O)N1CCCCC1)N1CCN(C(=O)C2(C#N)CCC2)CC1. The summed E-state index contributed by atoms with van der Waals surface area (Å²) in [5.74, 6) is 0.230. The van der Waals surface area contributed by atoms with Crippen LogP contribution in [0.15, 0.2) is 0 Å². The van der Waals surface area contributed by atoms with Gasteiger partial charge in [-0.15, -0.1) is 0 Å². The normalized spacial score (nSPS) is 25.5. The largest absolute Gasteiger partial charge is 0.341 e. The van der Waals surface area contributed by atoms with E-state index in [0.29, 0.717) is 39.0 Å². The minimum atomic E-state index is -0.753. The highest BCUT2D eigenvalue weighted by Crippen LogP contribution is 2.42. The fourth-order valence-corrected chi connectivity index (χ4v) is 4.05. The maximum absolute atomic E-state index is 12.6. The van der Waals surface area contributed by atoms with Crippen molar-refractivity contribution in [1.82, 2.24) is 14.7 Å². The van der Waals surface area contributed by atoms with Crippen LogP contribution in [-0.4, -0.2) is 71.8 Å². The first-order chi connectivity index (χ1) is 11.6. The Balaban J connectivity index is 1.52. The second-order valence-electron chi connectivity index (χ2n) is 7.44. The summed E-state index contributed by atoms with van der Waals surface area (Å²) in [6.45, 7) is 6.43. The highest BCUT2D eigenvalue weighted by atomic mass is 16.2. The standard InChI is InChI=1S/C18H28N4O2/c1-15(16(23)21-8-3-2-4-9-21)20-10-12-22(13-11-20)17(24)18(14-19)6-5-7-18/h15H,2-13H2,1H3/t15-/m1/s1. The molecular weight excluding hydrogens is 304 g/mol. The van der Waals surface area contributed by atoms with Gasteiger partial charge < -0.3 is 9.80 Å². The van der Waals surface area contributed by atoms with Gasteiger partial charge in [-0.05, 0) is 45.4 Å². The van der Waals surface area contributed by atoms with E-state index in [4.69, 9.17) is 0 Å². The van der Waals surface area contributed by atoms with Gasteiger partial charge in [0.15, 0.2) is 0 Å². The summed E-state index contributed by atoms with van der Waals surface area (Å²) >= 11 is 0. The third-order valence-corrected chi connectivity index (χ3v) is 6.00. The number of nitriles is 1. The molecule has 1 saturated carbocycles. The second kappa shape index (κ2) is 7.10. The van der Waals surface area contributed by atoms with Gasteiger partial charge in [0.1, 0.15) is 5.41 Å². The Morgan fingerprint density at radius 2 is 1.54 bits per heavy atom. The van der Waals surface area contributed by atoms with E-state index >= 15 is 0 Å². The Morgan fingerprint density at radius 3 is 2.04 bits per heavy atom. The summed E-state index contributed by atoms with van der Waals surface area (Å²) in [6.07, 6.45) is 5.81. The summed E-state index contributed by atoms with van der Waals surface area (Å²) in [4.78, 5) is 31.2. The summed E-state index contributed by atoms with van der Waals surface area (Å²) in [7, 11) is 0. The first-order valence-corrected chi connectivity index (χ1v) is 9.31. The second-order valence-corrected chi connectivity index (χ2v) is 7.44. The van der Waals surface area contributed by atoms with Gasteiger partial charge in [-0.2, -0.15) is 5.26 Å². The lowest BCUT2D eigenvalue weighted by Crippen LogP contribution is -2.58. The van der Waals surface area contributed by atoms with E-state index in [1.807, 2.05) is 16.7 Å². The number of carbonyl (C=O) groups is 2. The van der Waals surface area contributed by atoms with E-state index in [-0.39, 0.29) is 17.9 Å². The summed E-state index contributed by atoms with van der Waals surface area (Å²) in [5, 5.41) is 9.34. The van der Waals surface area contributed by atoms with Crippen molar-refractivity contribution < 1.29 is 9.59 Å². The van der Waals surface area contributed by atoms with Crippen LogP contribution in [0, 0.1) is 16.7 Å². The van der Waals surface area contributed by atoms with Gasteiger partial charge in [-0.3, -0.25) is 14.5 Å². The molecule has 0 N–H and O–H groups in total. The first-order valence-electron chi connectivity index (χ1n) is 9.31. The lowest BCUT2D eigenvalue weighted by molar-refractivity contribution is -0.146. The predicted molar refractivity (Wildman–Crippen MR) is 89.9 cm³/mol. The number of hydrogen-bond acceptors (Lipinski definition) is 4. The van der Waals surface area contributed by atoms with Gasteiger partial charge in [-0.1, -0.05) is 0 Å². The molecule has 0 aromatic carbocycles. The molecule has 132 valence electrons. The fraction of sp³-hybridized carbons (Fsp3) is 0.833. The van der Waals surface area contributed by atoms with Crippen LogP contribution in [0.3, 0.4) is 0 Å². The molecule has 0 unspecified atom stereocenters. The molecule has 3 rings (SSSR count). The van der Waals surface area contributed by atoms with Gasteiger partial charge in [0.2, 0.25) is 11.8 Å². The van der Waals surface area contributed by atoms with Crippen molar-refractivity contribution in [3.8, 4) is 6.07 Å². The molecule has 2 saturated heterocycles. The molecule has 0 bridgehead atoms. The zero-order chi connectivity index (χ0) is 17.2.